The van der Waals surface area contributed by atoms with Crippen LogP contribution in [0.5, 0.6) is 0 Å². The molecule has 0 saturated heterocycles. The van der Waals surface area contributed by atoms with Gasteiger partial charge in [-0.05, 0) is 12.8 Å². The molecule has 0 atom stereocenters. The Hall–Kier alpha value is -1.98. The van der Waals surface area contributed by atoms with Gasteiger partial charge < -0.3 is 10.6 Å². The fourth-order valence-corrected chi connectivity index (χ4v) is 1.34. The molecule has 1 aromatic rings. The third-order valence-corrected chi connectivity index (χ3v) is 2.23. The van der Waals surface area contributed by atoms with Gasteiger partial charge in [0.05, 0.1) is 6.20 Å². The van der Waals surface area contributed by atoms with Crippen LogP contribution in [0.1, 0.15) is 36.7 Å². The topological polar surface area (TPSA) is 84.0 Å². The van der Waals surface area contributed by atoms with E-state index >= 15 is 0 Å². The Morgan fingerprint density at radius 2 is 2.00 bits per heavy atom. The molecule has 6 nitrogen and oxygen atoms in total. The molecule has 0 aliphatic carbocycles. The second-order valence-corrected chi connectivity index (χ2v) is 3.80. The number of rotatable bonds is 7. The lowest BCUT2D eigenvalue weighted by atomic mass is 10.3. The number of amides is 2. The van der Waals surface area contributed by atoms with Gasteiger partial charge in [0, 0.05) is 31.9 Å². The summed E-state index contributed by atoms with van der Waals surface area (Å²) in [5.74, 6) is -0.194. The molecule has 6 heteroatoms. The van der Waals surface area contributed by atoms with Gasteiger partial charge >= 0.3 is 0 Å². The highest BCUT2D eigenvalue weighted by Crippen LogP contribution is 1.90. The zero-order valence-electron chi connectivity index (χ0n) is 10.5. The molecule has 2 amide bonds. The van der Waals surface area contributed by atoms with E-state index in [4.69, 9.17) is 0 Å². The van der Waals surface area contributed by atoms with Gasteiger partial charge in [-0.3, -0.25) is 14.6 Å². The first-order valence-electron chi connectivity index (χ1n) is 6.05. The average Bonchev–Trinajstić information content (AvgIpc) is 2.39. The predicted molar refractivity (Wildman–Crippen MR) is 66.9 cm³/mol. The molecular weight excluding hydrogens is 232 g/mol. The fraction of sp³-hybridized carbons (Fsp3) is 0.500. The highest BCUT2D eigenvalue weighted by atomic mass is 16.2. The number of carbonyl (C=O) groups is 2. The van der Waals surface area contributed by atoms with E-state index in [9.17, 15) is 9.59 Å². The summed E-state index contributed by atoms with van der Waals surface area (Å²) >= 11 is 0. The highest BCUT2D eigenvalue weighted by Gasteiger charge is 2.05. The summed E-state index contributed by atoms with van der Waals surface area (Å²) in [4.78, 5) is 30.4. The molecule has 0 aliphatic heterocycles. The van der Waals surface area contributed by atoms with E-state index < -0.39 is 0 Å². The van der Waals surface area contributed by atoms with E-state index in [1.54, 1.807) is 0 Å². The summed E-state index contributed by atoms with van der Waals surface area (Å²) in [6, 6.07) is 0. The summed E-state index contributed by atoms with van der Waals surface area (Å²) in [5, 5.41) is 5.49. The van der Waals surface area contributed by atoms with E-state index in [1.807, 2.05) is 6.92 Å². The zero-order chi connectivity index (χ0) is 13.2. The van der Waals surface area contributed by atoms with Gasteiger partial charge in [0.25, 0.3) is 5.91 Å². The Morgan fingerprint density at radius 3 is 2.67 bits per heavy atom. The number of hydrogen-bond donors (Lipinski definition) is 2. The Morgan fingerprint density at radius 1 is 1.22 bits per heavy atom. The van der Waals surface area contributed by atoms with Crippen LogP contribution >= 0.6 is 0 Å². The van der Waals surface area contributed by atoms with Crippen molar-refractivity contribution in [2.45, 2.75) is 26.2 Å². The summed E-state index contributed by atoms with van der Waals surface area (Å²) in [5.41, 5.74) is 0.299. The monoisotopic (exact) mass is 250 g/mol. The first kappa shape index (κ1) is 14.1. The van der Waals surface area contributed by atoms with E-state index in [2.05, 4.69) is 20.6 Å². The highest BCUT2D eigenvalue weighted by molar-refractivity contribution is 5.91. The van der Waals surface area contributed by atoms with Gasteiger partial charge in [-0.25, -0.2) is 4.98 Å². The molecule has 0 aromatic carbocycles. The van der Waals surface area contributed by atoms with Gasteiger partial charge in [-0.1, -0.05) is 6.92 Å². The Labute approximate surface area is 106 Å². The molecule has 0 fully saturated rings. The van der Waals surface area contributed by atoms with Crippen LogP contribution in [0.3, 0.4) is 0 Å². The van der Waals surface area contributed by atoms with Crippen LogP contribution in [0, 0.1) is 0 Å². The summed E-state index contributed by atoms with van der Waals surface area (Å²) < 4.78 is 0. The molecule has 2 N–H and O–H groups in total. The van der Waals surface area contributed by atoms with Crippen molar-refractivity contribution in [3.63, 3.8) is 0 Å². The first-order chi connectivity index (χ1) is 8.74. The third kappa shape index (κ3) is 5.38. The normalized spacial score (nSPS) is 9.83. The standard InChI is InChI=1S/C12H18N4O2/c1-2-4-11(17)15-5-3-6-16-12(18)10-9-13-7-8-14-10/h7-9H,2-6H2,1H3,(H,15,17)(H,16,18). The number of nitrogens with one attached hydrogen (secondary N) is 2. The minimum Gasteiger partial charge on any atom is -0.356 e. The van der Waals surface area contributed by atoms with Gasteiger partial charge in [-0.15, -0.1) is 0 Å². The van der Waals surface area contributed by atoms with Crippen molar-refractivity contribution in [3.8, 4) is 0 Å². The van der Waals surface area contributed by atoms with Crippen LogP contribution in [-0.4, -0.2) is 34.9 Å². The maximum atomic E-state index is 11.5. The molecule has 1 aromatic heterocycles. The van der Waals surface area contributed by atoms with Crippen molar-refractivity contribution in [1.29, 1.82) is 0 Å². The maximum absolute atomic E-state index is 11.5. The molecule has 0 radical (unpaired) electrons. The number of hydrogen-bond acceptors (Lipinski definition) is 4. The Bertz CT molecular complexity index is 381. The number of aromatic nitrogens is 2. The van der Waals surface area contributed by atoms with Gasteiger partial charge in [0.2, 0.25) is 5.91 Å². The molecule has 0 saturated carbocycles. The number of nitrogens with zero attached hydrogens (tertiary/aromatic N) is 2. The third-order valence-electron chi connectivity index (χ3n) is 2.23. The lowest BCUT2D eigenvalue weighted by Gasteiger charge is -2.05. The minimum atomic E-state index is -0.247. The molecule has 1 rings (SSSR count). The van der Waals surface area contributed by atoms with Crippen LogP contribution in [-0.2, 0) is 4.79 Å². The molecule has 0 bridgehead atoms. The van der Waals surface area contributed by atoms with Gasteiger partial charge in [0.1, 0.15) is 5.69 Å². The summed E-state index contributed by atoms with van der Waals surface area (Å²) in [6.45, 7) is 3.03. The first-order valence-corrected chi connectivity index (χ1v) is 6.05. The van der Waals surface area contributed by atoms with Crippen molar-refractivity contribution >= 4 is 11.8 Å². The van der Waals surface area contributed by atoms with E-state index in [0.717, 1.165) is 6.42 Å². The molecular formula is C12H18N4O2. The summed E-state index contributed by atoms with van der Waals surface area (Å²) in [7, 11) is 0. The van der Waals surface area contributed by atoms with Crippen LogP contribution in [0.4, 0.5) is 0 Å². The van der Waals surface area contributed by atoms with Crippen molar-refractivity contribution in [2.24, 2.45) is 0 Å². The fourth-order valence-electron chi connectivity index (χ4n) is 1.34. The number of carbonyl (C=O) groups excluding carboxylic acids is 2. The largest absolute Gasteiger partial charge is 0.356 e. The Kier molecular flexibility index (Phi) is 6.38. The van der Waals surface area contributed by atoms with Gasteiger partial charge in [0.15, 0.2) is 0 Å². The SMILES string of the molecule is CCCC(=O)NCCCNC(=O)c1cnccn1. The van der Waals surface area contributed by atoms with Crippen molar-refractivity contribution in [1.82, 2.24) is 20.6 Å². The summed E-state index contributed by atoms with van der Waals surface area (Å²) in [6.07, 6.45) is 6.49. The molecule has 0 unspecified atom stereocenters. The van der Waals surface area contributed by atoms with Crippen molar-refractivity contribution in [2.75, 3.05) is 13.1 Å². The van der Waals surface area contributed by atoms with E-state index in [1.165, 1.54) is 18.6 Å². The quantitative estimate of drug-likeness (QED) is 0.691. The molecule has 0 aliphatic rings. The predicted octanol–water partition coefficient (Wildman–Crippen LogP) is 0.513. The molecule has 18 heavy (non-hydrogen) atoms. The Balaban J connectivity index is 2.11. The smallest absolute Gasteiger partial charge is 0.271 e. The van der Waals surface area contributed by atoms with E-state index in [0.29, 0.717) is 31.6 Å². The molecule has 1 heterocycles. The van der Waals surface area contributed by atoms with Crippen LogP contribution in [0.25, 0.3) is 0 Å². The lowest BCUT2D eigenvalue weighted by molar-refractivity contribution is -0.121. The second-order valence-electron chi connectivity index (χ2n) is 3.80. The molecule has 0 spiro atoms. The van der Waals surface area contributed by atoms with Crippen molar-refractivity contribution < 1.29 is 9.59 Å². The molecule has 98 valence electrons. The lowest BCUT2D eigenvalue weighted by Crippen LogP contribution is -2.30. The van der Waals surface area contributed by atoms with Crippen LogP contribution in [0.15, 0.2) is 18.6 Å². The minimum absolute atomic E-state index is 0.0535. The van der Waals surface area contributed by atoms with E-state index in [-0.39, 0.29) is 11.8 Å². The van der Waals surface area contributed by atoms with Crippen LogP contribution < -0.4 is 10.6 Å². The average molecular weight is 250 g/mol. The second kappa shape index (κ2) is 8.16. The zero-order valence-corrected chi connectivity index (χ0v) is 10.5. The van der Waals surface area contributed by atoms with Crippen molar-refractivity contribution in [3.05, 3.63) is 24.3 Å². The van der Waals surface area contributed by atoms with Crippen LogP contribution in [0.2, 0.25) is 0 Å². The maximum Gasteiger partial charge on any atom is 0.271 e. The van der Waals surface area contributed by atoms with Gasteiger partial charge in [-0.2, -0.15) is 0 Å².